The average Bonchev–Trinajstić information content (AvgIpc) is 2.95. The van der Waals surface area contributed by atoms with E-state index < -0.39 is 0 Å². The van der Waals surface area contributed by atoms with Crippen LogP contribution in [0.25, 0.3) is 0 Å². The lowest BCUT2D eigenvalue weighted by molar-refractivity contribution is 0.0996. The SMILES string of the molecule is CCCCc1cn(C(C)(C)C)s/c1=N\C(=O)c1cc(Cl)ccc1OC. The molecule has 0 saturated carbocycles. The summed E-state index contributed by atoms with van der Waals surface area (Å²) in [5.41, 5.74) is 1.44. The third-order valence-corrected chi connectivity index (χ3v) is 5.40. The van der Waals surface area contributed by atoms with Gasteiger partial charge in [0.15, 0.2) is 0 Å². The number of aryl methyl sites for hydroxylation is 1. The Morgan fingerprint density at radius 1 is 1.36 bits per heavy atom. The maximum atomic E-state index is 12.7. The quantitative estimate of drug-likeness (QED) is 0.728. The summed E-state index contributed by atoms with van der Waals surface area (Å²) in [6, 6.07) is 4.98. The second-order valence-electron chi connectivity index (χ2n) is 6.91. The second kappa shape index (κ2) is 8.19. The van der Waals surface area contributed by atoms with Crippen LogP contribution < -0.4 is 9.41 Å². The Labute approximate surface area is 158 Å². The highest BCUT2D eigenvalue weighted by molar-refractivity contribution is 7.04. The minimum atomic E-state index is -0.333. The summed E-state index contributed by atoms with van der Waals surface area (Å²) in [5, 5.41) is 0.487. The van der Waals surface area contributed by atoms with E-state index in [1.165, 1.54) is 18.6 Å². The van der Waals surface area contributed by atoms with E-state index in [0.717, 1.165) is 29.5 Å². The minimum Gasteiger partial charge on any atom is -0.496 e. The van der Waals surface area contributed by atoms with Crippen LogP contribution >= 0.6 is 23.1 Å². The molecular weight excluding hydrogens is 356 g/mol. The molecule has 0 aliphatic heterocycles. The van der Waals surface area contributed by atoms with Gasteiger partial charge in [-0.05, 0) is 63.3 Å². The van der Waals surface area contributed by atoms with E-state index >= 15 is 0 Å². The van der Waals surface area contributed by atoms with Crippen molar-refractivity contribution >= 4 is 29.0 Å². The van der Waals surface area contributed by atoms with Gasteiger partial charge in [-0.1, -0.05) is 24.9 Å². The molecule has 1 amide bonds. The van der Waals surface area contributed by atoms with E-state index in [-0.39, 0.29) is 11.4 Å². The molecule has 1 aromatic heterocycles. The molecule has 2 aromatic rings. The molecule has 136 valence electrons. The Bertz CT molecular complexity index is 816. The fourth-order valence-electron chi connectivity index (χ4n) is 2.34. The van der Waals surface area contributed by atoms with Crippen LogP contribution in [-0.4, -0.2) is 17.0 Å². The molecule has 0 atom stereocenters. The second-order valence-corrected chi connectivity index (χ2v) is 8.31. The Morgan fingerprint density at radius 2 is 2.08 bits per heavy atom. The fourth-order valence-corrected chi connectivity index (χ4v) is 3.54. The summed E-state index contributed by atoms with van der Waals surface area (Å²) in [5.74, 6) is 0.147. The third kappa shape index (κ3) is 4.95. The maximum absolute atomic E-state index is 12.7. The molecule has 1 aromatic carbocycles. The lowest BCUT2D eigenvalue weighted by Gasteiger charge is -2.19. The zero-order valence-corrected chi connectivity index (χ0v) is 17.0. The number of benzene rings is 1. The van der Waals surface area contributed by atoms with Crippen molar-refractivity contribution in [2.24, 2.45) is 4.99 Å². The Morgan fingerprint density at radius 3 is 2.68 bits per heavy atom. The molecule has 0 aliphatic rings. The predicted molar refractivity (Wildman–Crippen MR) is 104 cm³/mol. The first-order chi connectivity index (χ1) is 11.8. The molecule has 0 aliphatic carbocycles. The highest BCUT2D eigenvalue weighted by atomic mass is 35.5. The lowest BCUT2D eigenvalue weighted by Crippen LogP contribution is -2.18. The molecular formula is C19H25ClN2O2S. The zero-order valence-electron chi connectivity index (χ0n) is 15.4. The normalized spacial score (nSPS) is 12.5. The van der Waals surface area contributed by atoms with Crippen LogP contribution in [-0.2, 0) is 12.0 Å². The molecule has 0 unspecified atom stereocenters. The van der Waals surface area contributed by atoms with E-state index in [1.807, 2.05) is 0 Å². The highest BCUT2D eigenvalue weighted by Crippen LogP contribution is 2.24. The number of ether oxygens (including phenoxy) is 1. The molecule has 0 fully saturated rings. The topological polar surface area (TPSA) is 43.6 Å². The number of nitrogens with zero attached hydrogens (tertiary/aromatic N) is 2. The van der Waals surface area contributed by atoms with Crippen molar-refractivity contribution in [2.45, 2.75) is 52.5 Å². The van der Waals surface area contributed by atoms with Gasteiger partial charge in [0, 0.05) is 22.3 Å². The smallest absolute Gasteiger partial charge is 0.282 e. The number of methoxy groups -OCH3 is 1. The minimum absolute atomic E-state index is 0.0454. The molecule has 25 heavy (non-hydrogen) atoms. The Hall–Kier alpha value is -1.59. The predicted octanol–water partition coefficient (Wildman–Crippen LogP) is 5.05. The largest absolute Gasteiger partial charge is 0.496 e. The summed E-state index contributed by atoms with van der Waals surface area (Å²) in [6.45, 7) is 8.57. The van der Waals surface area contributed by atoms with E-state index in [0.29, 0.717) is 16.3 Å². The van der Waals surface area contributed by atoms with Crippen LogP contribution in [0, 0.1) is 0 Å². The van der Waals surface area contributed by atoms with Gasteiger partial charge in [-0.25, -0.2) is 0 Å². The highest BCUT2D eigenvalue weighted by Gasteiger charge is 2.17. The molecule has 1 heterocycles. The van der Waals surface area contributed by atoms with Gasteiger partial charge in [0.1, 0.15) is 10.4 Å². The van der Waals surface area contributed by atoms with E-state index in [1.54, 1.807) is 18.2 Å². The van der Waals surface area contributed by atoms with Crippen molar-refractivity contribution in [2.75, 3.05) is 7.11 Å². The Kier molecular flexibility index (Phi) is 6.47. The fraction of sp³-hybridized carbons (Fsp3) is 0.474. The summed E-state index contributed by atoms with van der Waals surface area (Å²) >= 11 is 7.55. The van der Waals surface area contributed by atoms with Gasteiger partial charge in [-0.3, -0.25) is 8.75 Å². The van der Waals surface area contributed by atoms with E-state index in [2.05, 4.69) is 42.8 Å². The summed E-state index contributed by atoms with van der Waals surface area (Å²) < 4.78 is 8.18. The average molecular weight is 381 g/mol. The van der Waals surface area contributed by atoms with E-state index in [9.17, 15) is 4.79 Å². The number of rotatable bonds is 5. The lowest BCUT2D eigenvalue weighted by atomic mass is 10.1. The number of hydrogen-bond acceptors (Lipinski definition) is 3. The van der Waals surface area contributed by atoms with Crippen LogP contribution in [0.3, 0.4) is 0 Å². The van der Waals surface area contributed by atoms with Gasteiger partial charge in [-0.15, -0.1) is 0 Å². The molecule has 2 rings (SSSR count). The first-order valence-electron chi connectivity index (χ1n) is 8.41. The summed E-state index contributed by atoms with van der Waals surface area (Å²) in [4.78, 5) is 17.1. The molecule has 0 N–H and O–H groups in total. The molecule has 0 bridgehead atoms. The first-order valence-corrected chi connectivity index (χ1v) is 9.56. The van der Waals surface area contributed by atoms with Gasteiger partial charge >= 0.3 is 0 Å². The van der Waals surface area contributed by atoms with E-state index in [4.69, 9.17) is 16.3 Å². The molecule has 0 spiro atoms. The van der Waals surface area contributed by atoms with Gasteiger partial charge in [0.25, 0.3) is 5.91 Å². The first kappa shape index (κ1) is 19.7. The zero-order chi connectivity index (χ0) is 18.6. The maximum Gasteiger partial charge on any atom is 0.282 e. The van der Waals surface area contributed by atoms with Crippen molar-refractivity contribution < 1.29 is 9.53 Å². The Balaban J connectivity index is 2.50. The number of carbonyl (C=O) groups excluding carboxylic acids is 1. The number of unbranched alkanes of at least 4 members (excludes halogenated alkanes) is 1. The monoisotopic (exact) mass is 380 g/mol. The van der Waals surface area contributed by atoms with Gasteiger partial charge < -0.3 is 4.74 Å². The van der Waals surface area contributed by atoms with Crippen LogP contribution in [0.15, 0.2) is 29.4 Å². The van der Waals surface area contributed by atoms with Crippen LogP contribution in [0.1, 0.15) is 56.5 Å². The van der Waals surface area contributed by atoms with Gasteiger partial charge in [0.05, 0.1) is 12.7 Å². The van der Waals surface area contributed by atoms with Crippen molar-refractivity contribution in [3.8, 4) is 5.75 Å². The van der Waals surface area contributed by atoms with Crippen molar-refractivity contribution in [1.82, 2.24) is 3.96 Å². The van der Waals surface area contributed by atoms with Gasteiger partial charge in [0.2, 0.25) is 0 Å². The summed E-state index contributed by atoms with van der Waals surface area (Å²) in [7, 11) is 1.53. The number of aromatic nitrogens is 1. The standard InChI is InChI=1S/C19H25ClN2O2S/c1-6-7-8-13-12-22(19(2,3)4)25-18(13)21-17(23)15-11-14(20)9-10-16(15)24-5/h9-12H,6-8H2,1-5H3/b21-18-. The molecule has 4 nitrogen and oxygen atoms in total. The number of halogens is 1. The van der Waals surface area contributed by atoms with Crippen LogP contribution in [0.5, 0.6) is 5.75 Å². The molecule has 6 heteroatoms. The number of amides is 1. The van der Waals surface area contributed by atoms with Crippen molar-refractivity contribution in [1.29, 1.82) is 0 Å². The number of carbonyl (C=O) groups is 1. The van der Waals surface area contributed by atoms with Crippen molar-refractivity contribution in [3.05, 3.63) is 45.2 Å². The third-order valence-electron chi connectivity index (χ3n) is 3.79. The van der Waals surface area contributed by atoms with Crippen molar-refractivity contribution in [3.63, 3.8) is 0 Å². The molecule has 0 saturated heterocycles. The van der Waals surface area contributed by atoms with Crippen LogP contribution in [0.4, 0.5) is 0 Å². The summed E-state index contributed by atoms with van der Waals surface area (Å²) in [6.07, 6.45) is 5.19. The van der Waals surface area contributed by atoms with Gasteiger partial charge in [-0.2, -0.15) is 4.99 Å². The van der Waals surface area contributed by atoms with Crippen LogP contribution in [0.2, 0.25) is 5.02 Å². The molecule has 0 radical (unpaired) electrons. The number of hydrogen-bond donors (Lipinski definition) is 0.